The molecule has 0 heterocycles. The van der Waals surface area contributed by atoms with Gasteiger partial charge in [-0.3, -0.25) is 14.9 Å². The number of non-ortho nitro benzene ring substituents is 1. The van der Waals surface area contributed by atoms with E-state index in [1.165, 1.54) is 0 Å². The second kappa shape index (κ2) is 6.83. The van der Waals surface area contributed by atoms with Gasteiger partial charge >= 0.3 is 6.18 Å². The van der Waals surface area contributed by atoms with E-state index >= 15 is 0 Å². The zero-order valence-electron chi connectivity index (χ0n) is 10.4. The van der Waals surface area contributed by atoms with Crippen LogP contribution < -0.4 is 0 Å². The summed E-state index contributed by atoms with van der Waals surface area (Å²) in [6.07, 6.45) is -4.63. The van der Waals surface area contributed by atoms with E-state index in [2.05, 4.69) is 15.9 Å². The average Bonchev–Trinajstić information content (AvgIpc) is 2.35. The predicted molar refractivity (Wildman–Crippen MR) is 68.8 cm³/mol. The molecular formula is C11H9BrF4N2O3. The van der Waals surface area contributed by atoms with Crippen molar-refractivity contribution in [2.45, 2.75) is 6.18 Å². The number of hydrogen-bond acceptors (Lipinski definition) is 3. The average molecular weight is 373 g/mol. The maximum absolute atomic E-state index is 13.6. The van der Waals surface area contributed by atoms with Crippen molar-refractivity contribution in [1.29, 1.82) is 0 Å². The SMILES string of the molecule is O=C(c1ccc([N+](=O)[O-])cc1F)N(CCBr)CC(F)(F)F. The van der Waals surface area contributed by atoms with Gasteiger partial charge in [-0.05, 0) is 6.07 Å². The molecule has 0 saturated carbocycles. The van der Waals surface area contributed by atoms with Gasteiger partial charge in [0, 0.05) is 17.9 Å². The third-order valence-electron chi connectivity index (χ3n) is 2.41. The Balaban J connectivity index is 3.06. The summed E-state index contributed by atoms with van der Waals surface area (Å²) < 4.78 is 50.8. The monoisotopic (exact) mass is 372 g/mol. The molecule has 0 aliphatic heterocycles. The second-order valence-corrected chi connectivity index (χ2v) is 4.75. The van der Waals surface area contributed by atoms with Crippen LogP contribution in [0.3, 0.4) is 0 Å². The molecule has 0 radical (unpaired) electrons. The second-order valence-electron chi connectivity index (χ2n) is 3.95. The van der Waals surface area contributed by atoms with Crippen molar-refractivity contribution in [3.8, 4) is 0 Å². The molecule has 116 valence electrons. The van der Waals surface area contributed by atoms with Crippen LogP contribution in [0.5, 0.6) is 0 Å². The van der Waals surface area contributed by atoms with Crippen LogP contribution in [0.1, 0.15) is 10.4 Å². The van der Waals surface area contributed by atoms with Crippen LogP contribution in [-0.2, 0) is 0 Å². The largest absolute Gasteiger partial charge is 0.406 e. The molecule has 0 fully saturated rings. The summed E-state index contributed by atoms with van der Waals surface area (Å²) in [7, 11) is 0. The van der Waals surface area contributed by atoms with Crippen LogP contribution in [-0.4, -0.2) is 40.3 Å². The van der Waals surface area contributed by atoms with E-state index < -0.39 is 40.6 Å². The van der Waals surface area contributed by atoms with Crippen LogP contribution >= 0.6 is 15.9 Å². The first-order valence-corrected chi connectivity index (χ1v) is 6.64. The molecule has 0 unspecified atom stereocenters. The molecule has 0 aliphatic rings. The van der Waals surface area contributed by atoms with E-state index in [1.54, 1.807) is 0 Å². The molecule has 0 N–H and O–H groups in total. The Labute approximate surface area is 124 Å². The fraction of sp³-hybridized carbons (Fsp3) is 0.364. The molecule has 0 aliphatic carbocycles. The number of rotatable bonds is 5. The van der Waals surface area contributed by atoms with E-state index in [4.69, 9.17) is 0 Å². The molecule has 1 amide bonds. The van der Waals surface area contributed by atoms with Crippen molar-refractivity contribution in [3.63, 3.8) is 0 Å². The zero-order chi connectivity index (χ0) is 16.2. The van der Waals surface area contributed by atoms with E-state index in [9.17, 15) is 32.5 Å². The third kappa shape index (κ3) is 4.96. The molecule has 1 aromatic carbocycles. The molecule has 1 rings (SSSR count). The standard InChI is InChI=1S/C11H9BrF4N2O3/c12-3-4-17(6-11(14,15)16)10(19)8-2-1-7(18(20)21)5-9(8)13/h1-2,5H,3-4,6H2. The van der Waals surface area contributed by atoms with Crippen molar-refractivity contribution in [1.82, 2.24) is 4.90 Å². The molecule has 0 atom stereocenters. The summed E-state index contributed by atoms with van der Waals surface area (Å²) in [6, 6.07) is 2.15. The van der Waals surface area contributed by atoms with Gasteiger partial charge in [0.1, 0.15) is 12.4 Å². The molecule has 0 spiro atoms. The van der Waals surface area contributed by atoms with E-state index in [1.807, 2.05) is 0 Å². The first kappa shape index (κ1) is 17.3. The first-order chi connectivity index (χ1) is 9.65. The van der Waals surface area contributed by atoms with Gasteiger partial charge in [-0.1, -0.05) is 15.9 Å². The Morgan fingerprint density at radius 1 is 1.38 bits per heavy atom. The first-order valence-electron chi connectivity index (χ1n) is 5.51. The van der Waals surface area contributed by atoms with Gasteiger partial charge in [-0.15, -0.1) is 0 Å². The van der Waals surface area contributed by atoms with Crippen LogP contribution in [0.15, 0.2) is 18.2 Å². The van der Waals surface area contributed by atoms with Gasteiger partial charge in [0.2, 0.25) is 0 Å². The normalized spacial score (nSPS) is 11.3. The number of carbonyl (C=O) groups excluding carboxylic acids is 1. The number of carbonyl (C=O) groups is 1. The van der Waals surface area contributed by atoms with Gasteiger partial charge in [0.05, 0.1) is 16.6 Å². The summed E-state index contributed by atoms with van der Waals surface area (Å²) in [4.78, 5) is 21.9. The number of nitrogens with zero attached hydrogens (tertiary/aromatic N) is 2. The van der Waals surface area contributed by atoms with Gasteiger partial charge in [0.25, 0.3) is 11.6 Å². The highest BCUT2D eigenvalue weighted by molar-refractivity contribution is 9.09. The number of nitro groups is 1. The smallest absolute Gasteiger partial charge is 0.329 e. The van der Waals surface area contributed by atoms with Crippen molar-refractivity contribution in [2.75, 3.05) is 18.4 Å². The van der Waals surface area contributed by atoms with Gasteiger partial charge in [-0.2, -0.15) is 13.2 Å². The lowest BCUT2D eigenvalue weighted by Crippen LogP contribution is -2.40. The molecule has 0 saturated heterocycles. The number of alkyl halides is 4. The van der Waals surface area contributed by atoms with Crippen LogP contribution in [0.25, 0.3) is 0 Å². The highest BCUT2D eigenvalue weighted by Crippen LogP contribution is 2.21. The van der Waals surface area contributed by atoms with Crippen molar-refractivity contribution in [3.05, 3.63) is 39.7 Å². The lowest BCUT2D eigenvalue weighted by Gasteiger charge is -2.23. The molecule has 0 aromatic heterocycles. The maximum atomic E-state index is 13.6. The summed E-state index contributed by atoms with van der Waals surface area (Å²) in [5.74, 6) is -2.42. The number of halogens is 5. The number of nitro benzene ring substituents is 1. The number of hydrogen-bond donors (Lipinski definition) is 0. The molecule has 10 heteroatoms. The van der Waals surface area contributed by atoms with Crippen LogP contribution in [0, 0.1) is 15.9 Å². The Kier molecular flexibility index (Phi) is 5.64. The van der Waals surface area contributed by atoms with Crippen LogP contribution in [0.4, 0.5) is 23.2 Å². The Hall–Kier alpha value is -1.71. The van der Waals surface area contributed by atoms with Crippen molar-refractivity contribution in [2.24, 2.45) is 0 Å². The van der Waals surface area contributed by atoms with E-state index in [-0.39, 0.29) is 11.9 Å². The van der Waals surface area contributed by atoms with Gasteiger partial charge in [-0.25, -0.2) is 4.39 Å². The quantitative estimate of drug-likeness (QED) is 0.345. The molecule has 0 bridgehead atoms. The predicted octanol–water partition coefficient (Wildman–Crippen LogP) is 3.13. The van der Waals surface area contributed by atoms with Crippen molar-refractivity contribution < 1.29 is 27.3 Å². The summed E-state index contributed by atoms with van der Waals surface area (Å²) in [5, 5.41) is 10.5. The molecule has 5 nitrogen and oxygen atoms in total. The van der Waals surface area contributed by atoms with Crippen LogP contribution in [0.2, 0.25) is 0 Å². The lowest BCUT2D eigenvalue weighted by atomic mass is 10.1. The Bertz CT molecular complexity index is 551. The summed E-state index contributed by atoms with van der Waals surface area (Å²) >= 11 is 2.90. The highest BCUT2D eigenvalue weighted by Gasteiger charge is 2.34. The maximum Gasteiger partial charge on any atom is 0.406 e. The fourth-order valence-electron chi connectivity index (χ4n) is 1.53. The third-order valence-corrected chi connectivity index (χ3v) is 2.76. The van der Waals surface area contributed by atoms with E-state index in [0.717, 1.165) is 12.1 Å². The minimum atomic E-state index is -4.63. The minimum absolute atomic E-state index is 0.0728. The lowest BCUT2D eigenvalue weighted by molar-refractivity contribution is -0.385. The summed E-state index contributed by atoms with van der Waals surface area (Å²) in [5.41, 5.74) is -1.24. The number of amides is 1. The fourth-order valence-corrected chi connectivity index (χ4v) is 1.96. The Morgan fingerprint density at radius 3 is 2.43 bits per heavy atom. The highest BCUT2D eigenvalue weighted by atomic mass is 79.9. The van der Waals surface area contributed by atoms with Gasteiger partial charge < -0.3 is 4.90 Å². The molecule has 21 heavy (non-hydrogen) atoms. The minimum Gasteiger partial charge on any atom is -0.329 e. The van der Waals surface area contributed by atoms with Crippen molar-refractivity contribution >= 4 is 27.5 Å². The Morgan fingerprint density at radius 2 is 2.00 bits per heavy atom. The molecule has 1 aromatic rings. The number of benzene rings is 1. The van der Waals surface area contributed by atoms with Gasteiger partial charge in [0.15, 0.2) is 0 Å². The topological polar surface area (TPSA) is 63.4 Å². The summed E-state index contributed by atoms with van der Waals surface area (Å²) in [6.45, 7) is -1.82. The zero-order valence-corrected chi connectivity index (χ0v) is 11.9. The molecular weight excluding hydrogens is 364 g/mol. The van der Waals surface area contributed by atoms with E-state index in [0.29, 0.717) is 11.0 Å².